The molecule has 0 spiro atoms. The van der Waals surface area contributed by atoms with E-state index in [1.807, 2.05) is 6.07 Å². The Morgan fingerprint density at radius 1 is 1.07 bits per heavy atom. The van der Waals surface area contributed by atoms with Gasteiger partial charge in [-0.1, -0.05) is 17.7 Å². The average Bonchev–Trinajstić information content (AvgIpc) is 3.35. The van der Waals surface area contributed by atoms with Crippen molar-refractivity contribution in [3.63, 3.8) is 0 Å². The Hall–Kier alpha value is -4.43. The third-order valence-corrected chi connectivity index (χ3v) is 7.39. The Kier molecular flexibility index (Phi) is 7.93. The Bertz CT molecular complexity index is 1670. The fraction of sp³-hybridized carbons (Fsp3) is 0.259. The van der Waals surface area contributed by atoms with E-state index in [9.17, 15) is 27.2 Å². The van der Waals surface area contributed by atoms with Gasteiger partial charge in [0, 0.05) is 30.3 Å². The van der Waals surface area contributed by atoms with Gasteiger partial charge >= 0.3 is 12.2 Å². The van der Waals surface area contributed by atoms with Gasteiger partial charge in [-0.25, -0.2) is 18.7 Å². The molecular formula is C27H24ClF4N7O3. The summed E-state index contributed by atoms with van der Waals surface area (Å²) in [4.78, 5) is 30.1. The van der Waals surface area contributed by atoms with Crippen molar-refractivity contribution in [1.29, 1.82) is 0 Å². The van der Waals surface area contributed by atoms with Crippen molar-refractivity contribution >= 4 is 46.2 Å². The molecule has 42 heavy (non-hydrogen) atoms. The number of amides is 3. The number of piperidine rings is 1. The van der Waals surface area contributed by atoms with Crippen molar-refractivity contribution in [2.45, 2.75) is 24.9 Å². The highest BCUT2D eigenvalue weighted by Crippen LogP contribution is 2.38. The number of nitrogen functional groups attached to an aromatic ring is 1. The van der Waals surface area contributed by atoms with Crippen LogP contribution in [0.3, 0.4) is 0 Å². The number of rotatable bonds is 5. The van der Waals surface area contributed by atoms with Crippen LogP contribution < -0.4 is 16.4 Å². The second-order valence-corrected chi connectivity index (χ2v) is 10.1. The lowest BCUT2D eigenvalue weighted by Crippen LogP contribution is -2.39. The van der Waals surface area contributed by atoms with Crippen molar-refractivity contribution in [3.8, 4) is 11.1 Å². The molecule has 220 valence electrons. The molecular weight excluding hydrogens is 582 g/mol. The molecule has 15 heteroatoms. The van der Waals surface area contributed by atoms with Gasteiger partial charge in [0.2, 0.25) is 5.91 Å². The van der Waals surface area contributed by atoms with E-state index in [1.54, 1.807) is 21.5 Å². The lowest BCUT2D eigenvalue weighted by molar-refractivity contribution is -0.137. The van der Waals surface area contributed by atoms with Crippen LogP contribution in [0.4, 0.5) is 39.5 Å². The number of urea groups is 1. The molecule has 0 aliphatic carbocycles. The summed E-state index contributed by atoms with van der Waals surface area (Å²) in [6.07, 6.45) is -2.09. The van der Waals surface area contributed by atoms with Crippen molar-refractivity contribution < 1.29 is 32.3 Å². The van der Waals surface area contributed by atoms with E-state index in [2.05, 4.69) is 20.7 Å². The van der Waals surface area contributed by atoms with Crippen molar-refractivity contribution in [1.82, 2.24) is 19.5 Å². The van der Waals surface area contributed by atoms with Crippen LogP contribution in [0.1, 0.15) is 30.0 Å². The van der Waals surface area contributed by atoms with Crippen LogP contribution >= 0.6 is 11.6 Å². The summed E-state index contributed by atoms with van der Waals surface area (Å²) in [6.45, 7) is 0.416. The molecule has 2 aromatic carbocycles. The minimum atomic E-state index is -4.71. The first-order valence-electron chi connectivity index (χ1n) is 12.7. The van der Waals surface area contributed by atoms with E-state index in [1.165, 1.54) is 12.4 Å². The average molecular weight is 606 g/mol. The first kappa shape index (κ1) is 29.1. The first-order chi connectivity index (χ1) is 20.0. The number of aliphatic hydroxyl groups is 1. The molecule has 0 bridgehead atoms. The number of hydrogen-bond donors (Lipinski definition) is 4. The molecule has 3 amide bonds. The Balaban J connectivity index is 1.38. The minimum Gasteiger partial charge on any atom is -0.387 e. The molecule has 2 aromatic heterocycles. The van der Waals surface area contributed by atoms with Gasteiger partial charge in [0.05, 0.1) is 22.0 Å². The summed E-state index contributed by atoms with van der Waals surface area (Å²) < 4.78 is 54.7. The number of hydrogen-bond acceptors (Lipinski definition) is 6. The van der Waals surface area contributed by atoms with Crippen LogP contribution in [0, 0.1) is 5.82 Å². The minimum absolute atomic E-state index is 0.0413. The van der Waals surface area contributed by atoms with Crippen molar-refractivity contribution in [2.75, 3.05) is 36.1 Å². The van der Waals surface area contributed by atoms with Gasteiger partial charge in [-0.05, 0) is 54.8 Å². The fourth-order valence-electron chi connectivity index (χ4n) is 4.99. The molecule has 1 aliphatic heterocycles. The molecule has 1 fully saturated rings. The molecule has 0 unspecified atom stereocenters. The summed E-state index contributed by atoms with van der Waals surface area (Å²) >= 11 is 6.46. The normalized spacial score (nSPS) is 14.3. The van der Waals surface area contributed by atoms with Gasteiger partial charge in [0.25, 0.3) is 0 Å². The van der Waals surface area contributed by atoms with E-state index >= 15 is 0 Å². The van der Waals surface area contributed by atoms with Gasteiger partial charge in [-0.2, -0.15) is 18.3 Å². The van der Waals surface area contributed by atoms with Gasteiger partial charge in [-0.15, -0.1) is 0 Å². The third-order valence-electron chi connectivity index (χ3n) is 7.08. The summed E-state index contributed by atoms with van der Waals surface area (Å²) in [5.74, 6) is -1.10. The number of aliphatic hydroxyl groups excluding tert-OH is 1. The van der Waals surface area contributed by atoms with E-state index < -0.39 is 35.9 Å². The van der Waals surface area contributed by atoms with Crippen molar-refractivity contribution in [2.24, 2.45) is 0 Å². The number of nitrogens with one attached hydrogen (secondary N) is 2. The van der Waals surface area contributed by atoms with E-state index in [-0.39, 0.29) is 28.4 Å². The predicted octanol–water partition coefficient (Wildman–Crippen LogP) is 5.13. The third kappa shape index (κ3) is 5.81. The molecule has 3 heterocycles. The molecule has 5 N–H and O–H groups in total. The molecule has 0 atom stereocenters. The number of carbonyl (C=O) groups excluding carboxylic acids is 2. The summed E-state index contributed by atoms with van der Waals surface area (Å²) in [5, 5.41) is 18.1. The van der Waals surface area contributed by atoms with Crippen LogP contribution in [0.25, 0.3) is 16.6 Å². The standard InChI is InChI=1S/C27H24ClF4N7O3/c28-18-9-15(1-4-20(18)36-26(42)37-21-10-16(27(30,31)32)2-3-19(21)29)17-11-22(39-24(17)25(33)34-13-35-39)14-5-7-38(8-6-14)23(41)12-40/h1-4,9-11,13-14,40H,5-8,12H2,(H2,33,34,35)(H2,36,37,42). The van der Waals surface area contributed by atoms with Crippen LogP contribution in [-0.4, -0.2) is 56.2 Å². The monoisotopic (exact) mass is 605 g/mol. The largest absolute Gasteiger partial charge is 0.416 e. The number of halogens is 5. The number of anilines is 3. The summed E-state index contributed by atoms with van der Waals surface area (Å²) in [5.41, 5.74) is 7.26. The lowest BCUT2D eigenvalue weighted by atomic mass is 9.93. The zero-order valence-electron chi connectivity index (χ0n) is 21.8. The molecule has 0 radical (unpaired) electrons. The van der Waals surface area contributed by atoms with Crippen LogP contribution in [0.5, 0.6) is 0 Å². The van der Waals surface area contributed by atoms with Gasteiger partial charge < -0.3 is 26.4 Å². The van der Waals surface area contributed by atoms with E-state index in [4.69, 9.17) is 22.4 Å². The zero-order chi connectivity index (χ0) is 30.2. The van der Waals surface area contributed by atoms with Crippen LogP contribution in [0.2, 0.25) is 5.02 Å². The number of aromatic nitrogens is 3. The predicted molar refractivity (Wildman–Crippen MR) is 148 cm³/mol. The quantitative estimate of drug-likeness (QED) is 0.233. The lowest BCUT2D eigenvalue weighted by Gasteiger charge is -2.31. The number of likely N-dealkylation sites (tertiary alicyclic amines) is 1. The van der Waals surface area contributed by atoms with Crippen molar-refractivity contribution in [3.05, 3.63) is 70.9 Å². The summed E-state index contributed by atoms with van der Waals surface area (Å²) in [7, 11) is 0. The Labute approximate surface area is 241 Å². The second kappa shape index (κ2) is 11.4. The van der Waals surface area contributed by atoms with Crippen LogP contribution in [-0.2, 0) is 11.0 Å². The van der Waals surface area contributed by atoms with Gasteiger partial charge in [0.15, 0.2) is 5.82 Å². The molecule has 0 saturated carbocycles. The second-order valence-electron chi connectivity index (χ2n) is 9.67. The molecule has 4 aromatic rings. The number of alkyl halides is 3. The van der Waals surface area contributed by atoms with E-state index in [0.717, 1.165) is 5.69 Å². The molecule has 1 aliphatic rings. The fourth-order valence-corrected chi connectivity index (χ4v) is 5.21. The zero-order valence-corrected chi connectivity index (χ0v) is 22.5. The number of nitrogens with zero attached hydrogens (tertiary/aromatic N) is 4. The highest BCUT2D eigenvalue weighted by Gasteiger charge is 2.31. The number of benzene rings is 2. The molecule has 5 rings (SSSR count). The van der Waals surface area contributed by atoms with Crippen LogP contribution in [0.15, 0.2) is 48.8 Å². The highest BCUT2D eigenvalue weighted by atomic mass is 35.5. The maximum atomic E-state index is 14.1. The first-order valence-corrected chi connectivity index (χ1v) is 13.1. The summed E-state index contributed by atoms with van der Waals surface area (Å²) in [6, 6.07) is 7.31. The number of carbonyl (C=O) groups is 2. The topological polar surface area (TPSA) is 138 Å². The maximum Gasteiger partial charge on any atom is 0.416 e. The smallest absolute Gasteiger partial charge is 0.387 e. The van der Waals surface area contributed by atoms with Gasteiger partial charge in [0.1, 0.15) is 24.3 Å². The maximum absolute atomic E-state index is 14.1. The number of nitrogens with two attached hydrogens (primary N) is 1. The SMILES string of the molecule is Nc1ncnn2c(C3CCN(C(=O)CO)CC3)cc(-c3ccc(NC(=O)Nc4cc(C(F)(F)F)ccc4F)c(Cl)c3)c12. The molecule has 1 saturated heterocycles. The number of fused-ring (bicyclic) bond motifs is 1. The van der Waals surface area contributed by atoms with E-state index in [0.29, 0.717) is 60.8 Å². The Morgan fingerprint density at radius 2 is 1.79 bits per heavy atom. The Morgan fingerprint density at radius 3 is 2.45 bits per heavy atom. The van der Waals surface area contributed by atoms with Gasteiger partial charge in [-0.3, -0.25) is 4.79 Å². The molecule has 10 nitrogen and oxygen atoms in total. The highest BCUT2D eigenvalue weighted by molar-refractivity contribution is 6.34.